The van der Waals surface area contributed by atoms with Crippen molar-refractivity contribution >= 4 is 22.4 Å². The van der Waals surface area contributed by atoms with Crippen LogP contribution in [-0.2, 0) is 20.9 Å². The van der Waals surface area contributed by atoms with Gasteiger partial charge in [0.2, 0.25) is 18.5 Å². The first-order chi connectivity index (χ1) is 35.0. The van der Waals surface area contributed by atoms with Gasteiger partial charge in [0.25, 0.3) is 0 Å². The largest absolute Gasteiger partial charge is 0.459 e. The van der Waals surface area contributed by atoms with Crippen LogP contribution in [0, 0.1) is 17.8 Å². The molecule has 0 unspecified atom stereocenters. The molecule has 6 atom stereocenters. The van der Waals surface area contributed by atoms with E-state index >= 15 is 4.79 Å². The minimum atomic E-state index is -1.39. The number of hydrogen-bond donors (Lipinski definition) is 2. The van der Waals surface area contributed by atoms with Crippen molar-refractivity contribution in [2.45, 2.75) is 167 Å². The number of rotatable bonds is 27. The van der Waals surface area contributed by atoms with Crippen LogP contribution in [0.4, 0.5) is 0 Å². The lowest BCUT2D eigenvalue weighted by molar-refractivity contribution is -0.258. The number of amides is 1. The molecule has 4 aliphatic rings. The van der Waals surface area contributed by atoms with Crippen molar-refractivity contribution < 1.29 is 43.5 Å². The van der Waals surface area contributed by atoms with Crippen LogP contribution in [0.25, 0.3) is 10.8 Å². The van der Waals surface area contributed by atoms with Crippen molar-refractivity contribution in [3.05, 3.63) is 114 Å². The number of carbonyl (C=O) groups excluding carboxylic acids is 1. The number of unbranched alkanes of at least 4 members (excludes halogenated alkanes) is 10. The number of hydrogen-bond acceptors (Lipinski definition) is 10. The molecule has 0 spiro atoms. The Kier molecular flexibility index (Phi) is 18.4. The zero-order chi connectivity index (χ0) is 50.5. The summed E-state index contributed by atoms with van der Waals surface area (Å²) < 4.78 is 33.3. The van der Waals surface area contributed by atoms with Gasteiger partial charge in [-0.25, -0.2) is 0 Å². The third kappa shape index (κ3) is 12.7. The molecule has 2 aliphatic carbocycles. The van der Waals surface area contributed by atoms with E-state index in [9.17, 15) is 10.2 Å². The highest BCUT2D eigenvalue weighted by molar-refractivity contribution is 6.03. The Bertz CT molecular complexity index is 2500. The quantitative estimate of drug-likeness (QED) is 0.0341. The third-order valence-electron chi connectivity index (χ3n) is 15.0. The van der Waals surface area contributed by atoms with Crippen LogP contribution in [0.15, 0.2) is 108 Å². The Balaban J connectivity index is 1.27. The molecule has 0 bridgehead atoms. The molecule has 4 aromatic carbocycles. The van der Waals surface area contributed by atoms with E-state index < -0.39 is 23.3 Å². The molecule has 8 rings (SSSR count). The minimum absolute atomic E-state index is 0.0213. The van der Waals surface area contributed by atoms with Crippen molar-refractivity contribution in [1.82, 2.24) is 4.90 Å². The van der Waals surface area contributed by atoms with Crippen molar-refractivity contribution in [2.75, 3.05) is 26.6 Å². The number of carbonyl (C=O) groups is 1. The first-order valence-corrected chi connectivity index (χ1v) is 27.2. The van der Waals surface area contributed by atoms with Gasteiger partial charge in [0.1, 0.15) is 28.9 Å². The lowest BCUT2D eigenvalue weighted by atomic mass is 9.55. The Labute approximate surface area is 428 Å². The third-order valence-corrected chi connectivity index (χ3v) is 15.0. The van der Waals surface area contributed by atoms with E-state index in [0.29, 0.717) is 48.7 Å². The lowest BCUT2D eigenvalue weighted by Crippen LogP contribution is -2.70. The minimum Gasteiger partial charge on any atom is -0.459 e. The summed E-state index contributed by atoms with van der Waals surface area (Å²) in [4.78, 5) is 23.8. The zero-order valence-electron chi connectivity index (χ0n) is 43.5. The molecule has 11 nitrogen and oxygen atoms in total. The number of fused-ring (bicyclic) bond motifs is 4. The molecule has 72 heavy (non-hydrogen) atoms. The predicted octanol–water partition coefficient (Wildman–Crippen LogP) is 13.7. The zero-order valence-corrected chi connectivity index (χ0v) is 43.5. The summed E-state index contributed by atoms with van der Waals surface area (Å²) in [5.74, 6) is 1.58. The molecule has 388 valence electrons. The fourth-order valence-corrected chi connectivity index (χ4v) is 11.6. The van der Waals surface area contributed by atoms with Gasteiger partial charge in [-0.3, -0.25) is 4.79 Å². The maximum absolute atomic E-state index is 15.4. The van der Waals surface area contributed by atoms with Crippen LogP contribution >= 0.6 is 0 Å². The SMILES string of the molecule is C=CCO[C@@]12Oc3ccc(Oc4ccc5ccccc5c4)cc3[C@H]3[C@H](CCCCO)[C@@H](CCCCO)C=C(C(=NOC(C)(C)C)C[C@@H]1N(Cc1ccc4c(c1)OCO4)C(=O)CCCCCCCCCCC)[C@H]32. The first-order valence-electron chi connectivity index (χ1n) is 27.2. The second-order valence-corrected chi connectivity index (χ2v) is 21.4. The van der Waals surface area contributed by atoms with Gasteiger partial charge < -0.3 is 43.6 Å². The highest BCUT2D eigenvalue weighted by Gasteiger charge is 2.65. The van der Waals surface area contributed by atoms with Gasteiger partial charge in [-0.2, -0.15) is 0 Å². The van der Waals surface area contributed by atoms with E-state index in [1.54, 1.807) is 6.08 Å². The van der Waals surface area contributed by atoms with Crippen LogP contribution in [0.3, 0.4) is 0 Å². The van der Waals surface area contributed by atoms with Crippen LogP contribution < -0.4 is 18.9 Å². The molecule has 0 aromatic heterocycles. The average Bonchev–Trinajstić information content (AvgIpc) is 3.85. The number of ether oxygens (including phenoxy) is 5. The van der Waals surface area contributed by atoms with Crippen LogP contribution in [0.1, 0.15) is 154 Å². The molecular weight excluding hydrogens is 905 g/mol. The number of nitrogens with zero attached hydrogens (tertiary/aromatic N) is 2. The Morgan fingerprint density at radius 3 is 2.25 bits per heavy atom. The second-order valence-electron chi connectivity index (χ2n) is 21.4. The summed E-state index contributed by atoms with van der Waals surface area (Å²) in [7, 11) is 0. The number of benzene rings is 4. The summed E-state index contributed by atoms with van der Waals surface area (Å²) in [5.41, 5.74) is 3.08. The number of allylic oxidation sites excluding steroid dienone is 1. The number of aliphatic hydroxyl groups excluding tert-OH is 2. The normalized spacial score (nSPS) is 22.4. The predicted molar refractivity (Wildman–Crippen MR) is 285 cm³/mol. The van der Waals surface area contributed by atoms with Crippen LogP contribution in [0.5, 0.6) is 28.7 Å². The smallest absolute Gasteiger partial charge is 0.239 e. The summed E-state index contributed by atoms with van der Waals surface area (Å²) in [6, 6.07) is 25.8. The fraction of sp³-hybridized carbons (Fsp3) is 0.541. The van der Waals surface area contributed by atoms with E-state index in [2.05, 4.69) is 49.9 Å². The topological polar surface area (TPSA) is 129 Å². The summed E-state index contributed by atoms with van der Waals surface area (Å²) in [6.07, 6.45) is 19.9. The monoisotopic (exact) mass is 985 g/mol. The van der Waals surface area contributed by atoms with Gasteiger partial charge in [0.05, 0.1) is 18.2 Å². The average molecular weight is 985 g/mol. The molecule has 4 aromatic rings. The maximum atomic E-state index is 15.4. The van der Waals surface area contributed by atoms with Gasteiger partial charge in [0.15, 0.2) is 11.5 Å². The van der Waals surface area contributed by atoms with E-state index in [1.165, 1.54) is 38.5 Å². The molecule has 1 amide bonds. The summed E-state index contributed by atoms with van der Waals surface area (Å²) in [5, 5.41) is 27.5. The van der Waals surface area contributed by atoms with Crippen LogP contribution in [-0.4, -0.2) is 70.8 Å². The highest BCUT2D eigenvalue weighted by Crippen LogP contribution is 2.62. The standard InChI is InChI=1S/C61H80N2O9/c1-6-8-9-10-11-12-13-14-15-26-57(66)63(41-43-27-31-54-55(36-43)68-42-67-54)56-40-52(62-72-60(3,4)5)50-38-46(24-18-20-33-64)49(25-19-21-34-65)58-51-39-48(70-47-29-28-44-22-16-17-23-45(44)37-47)30-32-53(51)71-61(56,59(50)58)69-35-7-2/h7,16-17,22-23,27-32,36-39,46,49,56,58-59,64-65H,2,6,8-15,18-21,24-26,33-35,40-42H2,1,3-5H3/t46-,49+,56-,58+,59+,61+/m0/s1. The molecular formula is C61H80N2O9. The molecule has 0 saturated heterocycles. The number of oxime groups is 1. The Hall–Kier alpha value is -5.36. The van der Waals surface area contributed by atoms with Crippen molar-refractivity contribution in [3.8, 4) is 28.7 Å². The van der Waals surface area contributed by atoms with E-state index in [0.717, 1.165) is 83.9 Å². The highest BCUT2D eigenvalue weighted by atomic mass is 16.7. The lowest BCUT2D eigenvalue weighted by Gasteiger charge is -2.60. The van der Waals surface area contributed by atoms with Gasteiger partial charge >= 0.3 is 0 Å². The van der Waals surface area contributed by atoms with Gasteiger partial charge in [-0.05, 0) is 129 Å². The molecule has 1 saturated carbocycles. The van der Waals surface area contributed by atoms with Gasteiger partial charge in [0, 0.05) is 44.1 Å². The second kappa shape index (κ2) is 25.0. The molecule has 2 aliphatic heterocycles. The van der Waals surface area contributed by atoms with Gasteiger partial charge in [-0.1, -0.05) is 125 Å². The van der Waals surface area contributed by atoms with Crippen molar-refractivity contribution in [1.29, 1.82) is 0 Å². The summed E-state index contributed by atoms with van der Waals surface area (Å²) in [6.45, 7) is 13.2. The van der Waals surface area contributed by atoms with E-state index in [-0.39, 0.29) is 56.8 Å². The van der Waals surface area contributed by atoms with Gasteiger partial charge in [-0.15, -0.1) is 6.58 Å². The number of aliphatic hydroxyl groups is 2. The molecule has 11 heteroatoms. The molecule has 2 N–H and O–H groups in total. The van der Waals surface area contributed by atoms with Crippen molar-refractivity contribution in [3.63, 3.8) is 0 Å². The molecule has 0 radical (unpaired) electrons. The Morgan fingerprint density at radius 2 is 1.50 bits per heavy atom. The molecule has 1 fully saturated rings. The maximum Gasteiger partial charge on any atom is 0.239 e. The van der Waals surface area contributed by atoms with E-state index in [4.69, 9.17) is 33.7 Å². The molecule has 2 heterocycles. The van der Waals surface area contributed by atoms with Crippen molar-refractivity contribution in [2.24, 2.45) is 22.9 Å². The summed E-state index contributed by atoms with van der Waals surface area (Å²) >= 11 is 0. The first kappa shape index (κ1) is 52.9. The van der Waals surface area contributed by atoms with E-state index in [1.807, 2.05) is 74.2 Å². The van der Waals surface area contributed by atoms with Crippen LogP contribution in [0.2, 0.25) is 0 Å². The Morgan fingerprint density at radius 1 is 0.806 bits per heavy atom. The fourth-order valence-electron chi connectivity index (χ4n) is 11.6.